The highest BCUT2D eigenvalue weighted by atomic mass is 16.5. The molecule has 168 valence electrons. The van der Waals surface area contributed by atoms with Gasteiger partial charge in [0.25, 0.3) is 0 Å². The smallest absolute Gasteiger partial charge is 0.338 e. The van der Waals surface area contributed by atoms with Crippen LogP contribution >= 0.6 is 0 Å². The van der Waals surface area contributed by atoms with Gasteiger partial charge in [0.2, 0.25) is 0 Å². The van der Waals surface area contributed by atoms with Gasteiger partial charge in [0.05, 0.1) is 43.7 Å². The van der Waals surface area contributed by atoms with Crippen molar-refractivity contribution in [2.75, 3.05) is 7.11 Å². The highest BCUT2D eigenvalue weighted by molar-refractivity contribution is 5.91. The molecule has 6 heteroatoms. The van der Waals surface area contributed by atoms with Gasteiger partial charge in [-0.1, -0.05) is 37.3 Å². The lowest BCUT2D eigenvalue weighted by molar-refractivity contribution is -0.136. The van der Waals surface area contributed by atoms with Gasteiger partial charge in [-0.2, -0.15) is 0 Å². The second-order valence-electron chi connectivity index (χ2n) is 8.23. The number of carbonyl (C=O) groups is 1. The van der Waals surface area contributed by atoms with Crippen molar-refractivity contribution < 1.29 is 29.6 Å². The summed E-state index contributed by atoms with van der Waals surface area (Å²) in [5, 5.41) is 30.3. The maximum absolute atomic E-state index is 12.5. The van der Waals surface area contributed by atoms with Crippen molar-refractivity contribution in [1.29, 1.82) is 0 Å². The third-order valence-corrected chi connectivity index (χ3v) is 5.98. The largest absolute Gasteiger partial charge is 0.465 e. The second kappa shape index (κ2) is 10.4. The van der Waals surface area contributed by atoms with E-state index in [1.54, 1.807) is 13.0 Å². The molecule has 0 aliphatic carbocycles. The van der Waals surface area contributed by atoms with Crippen molar-refractivity contribution in [3.05, 3.63) is 69.8 Å². The van der Waals surface area contributed by atoms with Crippen LogP contribution in [0, 0.1) is 0 Å². The molecule has 1 fully saturated rings. The van der Waals surface area contributed by atoms with Crippen molar-refractivity contribution in [3.8, 4) is 0 Å². The molecule has 1 aliphatic heterocycles. The topological polar surface area (TPSA) is 96.2 Å². The van der Waals surface area contributed by atoms with E-state index in [0.717, 1.165) is 23.1 Å². The van der Waals surface area contributed by atoms with Crippen LogP contribution in [-0.4, -0.2) is 46.7 Å². The predicted octanol–water partition coefficient (Wildman–Crippen LogP) is 3.08. The molecule has 4 atom stereocenters. The Morgan fingerprint density at radius 1 is 1.16 bits per heavy atom. The molecule has 3 N–H and O–H groups in total. The molecular weight excluding hydrogens is 396 g/mol. The second-order valence-corrected chi connectivity index (χ2v) is 8.23. The first-order valence-corrected chi connectivity index (χ1v) is 10.8. The fraction of sp³-hybridized carbons (Fsp3) is 0.480. The van der Waals surface area contributed by atoms with E-state index in [2.05, 4.69) is 19.1 Å². The van der Waals surface area contributed by atoms with Gasteiger partial charge in [0.1, 0.15) is 0 Å². The fourth-order valence-electron chi connectivity index (χ4n) is 4.15. The third kappa shape index (κ3) is 5.52. The van der Waals surface area contributed by atoms with E-state index in [0.29, 0.717) is 30.4 Å². The van der Waals surface area contributed by atoms with E-state index in [1.165, 1.54) is 12.7 Å². The van der Waals surface area contributed by atoms with Crippen molar-refractivity contribution in [2.45, 2.75) is 70.6 Å². The summed E-state index contributed by atoms with van der Waals surface area (Å²) in [4.78, 5) is 12.5. The zero-order chi connectivity index (χ0) is 22.5. The van der Waals surface area contributed by atoms with E-state index in [4.69, 9.17) is 9.47 Å². The van der Waals surface area contributed by atoms with Crippen LogP contribution in [0.5, 0.6) is 0 Å². The van der Waals surface area contributed by atoms with Crippen molar-refractivity contribution in [1.82, 2.24) is 0 Å². The lowest BCUT2D eigenvalue weighted by Gasteiger charge is -2.36. The van der Waals surface area contributed by atoms with Gasteiger partial charge in [-0.15, -0.1) is 0 Å². The van der Waals surface area contributed by atoms with E-state index < -0.39 is 30.4 Å². The molecule has 0 radical (unpaired) electrons. The first-order valence-electron chi connectivity index (χ1n) is 10.8. The number of hydrogen-bond donors (Lipinski definition) is 3. The summed E-state index contributed by atoms with van der Waals surface area (Å²) in [7, 11) is 1.34. The Balaban J connectivity index is 2.02. The number of aryl methyl sites for hydroxylation is 1. The van der Waals surface area contributed by atoms with Crippen LogP contribution in [0.25, 0.3) is 0 Å². The average molecular weight is 429 g/mol. The monoisotopic (exact) mass is 428 g/mol. The van der Waals surface area contributed by atoms with E-state index in [9.17, 15) is 20.1 Å². The molecule has 2 aromatic rings. The maximum atomic E-state index is 12.5. The summed E-state index contributed by atoms with van der Waals surface area (Å²) < 4.78 is 11.0. The lowest BCUT2D eigenvalue weighted by atomic mass is 9.88. The number of benzene rings is 2. The van der Waals surface area contributed by atoms with Crippen molar-refractivity contribution >= 4 is 5.97 Å². The number of rotatable bonds is 7. The summed E-state index contributed by atoms with van der Waals surface area (Å²) in [6.45, 7) is 3.46. The van der Waals surface area contributed by atoms with Gasteiger partial charge in [-0.3, -0.25) is 0 Å². The Morgan fingerprint density at radius 2 is 1.84 bits per heavy atom. The molecule has 31 heavy (non-hydrogen) atoms. The molecule has 2 aromatic carbocycles. The van der Waals surface area contributed by atoms with Gasteiger partial charge in [-0.25, -0.2) is 4.79 Å². The third-order valence-electron chi connectivity index (χ3n) is 5.98. The lowest BCUT2D eigenvalue weighted by Crippen LogP contribution is -2.38. The highest BCUT2D eigenvalue weighted by Gasteiger charge is 2.33. The number of esters is 1. The molecule has 3 rings (SSSR count). The van der Waals surface area contributed by atoms with E-state index in [1.807, 2.05) is 18.2 Å². The summed E-state index contributed by atoms with van der Waals surface area (Å²) >= 11 is 0. The van der Waals surface area contributed by atoms with Crippen molar-refractivity contribution in [2.24, 2.45) is 0 Å². The minimum absolute atomic E-state index is 0.278. The van der Waals surface area contributed by atoms with Crippen LogP contribution in [0.15, 0.2) is 36.4 Å². The molecule has 0 bridgehead atoms. The number of aliphatic hydroxyl groups excluding tert-OH is 3. The molecule has 0 amide bonds. The summed E-state index contributed by atoms with van der Waals surface area (Å²) in [5.41, 5.74) is 4.73. The van der Waals surface area contributed by atoms with Crippen LogP contribution in [-0.2, 0) is 28.9 Å². The first-order chi connectivity index (χ1) is 14.9. The first kappa shape index (κ1) is 23.4. The van der Waals surface area contributed by atoms with Crippen LogP contribution < -0.4 is 0 Å². The Morgan fingerprint density at radius 3 is 2.42 bits per heavy atom. The summed E-state index contributed by atoms with van der Waals surface area (Å²) in [6, 6.07) is 11.8. The SMILES string of the molecule is CCc1ccc(Cc2cc(C3CC(O)CC(C(C)O)O3)c(CO)cc2C(=O)OC)cc1. The van der Waals surface area contributed by atoms with E-state index in [-0.39, 0.29) is 6.61 Å². The number of aliphatic hydroxyl groups is 3. The number of carbonyl (C=O) groups excluding carboxylic acids is 1. The minimum atomic E-state index is -0.721. The van der Waals surface area contributed by atoms with Crippen LogP contribution in [0.2, 0.25) is 0 Å². The zero-order valence-electron chi connectivity index (χ0n) is 18.4. The van der Waals surface area contributed by atoms with Crippen LogP contribution in [0.3, 0.4) is 0 Å². The van der Waals surface area contributed by atoms with Crippen LogP contribution in [0.4, 0.5) is 0 Å². The summed E-state index contributed by atoms with van der Waals surface area (Å²) in [5.74, 6) is -0.465. The Labute approximate surface area is 183 Å². The average Bonchev–Trinajstić information content (AvgIpc) is 2.78. The Bertz CT molecular complexity index is 890. The number of methoxy groups -OCH3 is 1. The molecule has 0 saturated carbocycles. The highest BCUT2D eigenvalue weighted by Crippen LogP contribution is 2.36. The Kier molecular flexibility index (Phi) is 7.84. The quantitative estimate of drug-likeness (QED) is 0.587. The van der Waals surface area contributed by atoms with E-state index >= 15 is 0 Å². The van der Waals surface area contributed by atoms with Crippen molar-refractivity contribution in [3.63, 3.8) is 0 Å². The molecular formula is C25H32O6. The van der Waals surface area contributed by atoms with Gasteiger partial charge in [-0.05, 0) is 53.6 Å². The summed E-state index contributed by atoms with van der Waals surface area (Å²) in [6.07, 6.45) is -0.130. The molecule has 0 spiro atoms. The van der Waals surface area contributed by atoms with Crippen LogP contribution in [0.1, 0.15) is 71.0 Å². The number of hydrogen-bond acceptors (Lipinski definition) is 6. The molecule has 4 unspecified atom stereocenters. The Hall–Kier alpha value is -2.25. The molecule has 1 aliphatic rings. The van der Waals surface area contributed by atoms with Gasteiger partial charge in [0, 0.05) is 12.8 Å². The predicted molar refractivity (Wildman–Crippen MR) is 117 cm³/mol. The normalized spacial score (nSPS) is 22.2. The molecule has 0 aromatic heterocycles. The molecule has 6 nitrogen and oxygen atoms in total. The zero-order valence-corrected chi connectivity index (χ0v) is 18.4. The standard InChI is InChI=1S/C25H32O6/c1-4-16-5-7-17(8-6-16)9-18-10-21(19(14-26)11-22(18)25(29)30-3)24-13-20(28)12-23(31-24)15(2)27/h5-8,10-11,15,20,23-24,26-28H,4,9,12-14H2,1-3H3. The maximum Gasteiger partial charge on any atom is 0.338 e. The molecule has 1 saturated heterocycles. The van der Waals surface area contributed by atoms with Gasteiger partial charge >= 0.3 is 5.97 Å². The van der Waals surface area contributed by atoms with Gasteiger partial charge in [0.15, 0.2) is 0 Å². The fourth-order valence-corrected chi connectivity index (χ4v) is 4.15. The number of ether oxygens (including phenoxy) is 2. The minimum Gasteiger partial charge on any atom is -0.465 e. The van der Waals surface area contributed by atoms with Gasteiger partial charge < -0.3 is 24.8 Å². The molecule has 1 heterocycles.